The summed E-state index contributed by atoms with van der Waals surface area (Å²) in [4.78, 5) is 31.2. The lowest BCUT2D eigenvalue weighted by atomic mass is 10.2. The second-order valence-electron chi connectivity index (χ2n) is 5.82. The standard InChI is InChI=1S/C14H18BrN3O3S/c1-5-7(17-13(20)21-14(2,3)4)11-16-8-6-9(15)22-10(8)12(19)18-11/h6-7H,5H2,1-4H3,(H,17,20)(H,16,18,19)/t7-/m0/s1. The number of rotatable bonds is 3. The average Bonchev–Trinajstić information content (AvgIpc) is 2.74. The molecular weight excluding hydrogens is 370 g/mol. The summed E-state index contributed by atoms with van der Waals surface area (Å²) in [5.74, 6) is 0.427. The summed E-state index contributed by atoms with van der Waals surface area (Å²) in [5, 5.41) is 2.74. The summed E-state index contributed by atoms with van der Waals surface area (Å²) in [5.41, 5.74) is -0.175. The Morgan fingerprint density at radius 2 is 2.23 bits per heavy atom. The fourth-order valence-electron chi connectivity index (χ4n) is 1.91. The van der Waals surface area contributed by atoms with E-state index in [1.54, 1.807) is 26.8 Å². The molecule has 8 heteroatoms. The van der Waals surface area contributed by atoms with Crippen LogP contribution in [0.3, 0.4) is 0 Å². The third kappa shape index (κ3) is 4.07. The van der Waals surface area contributed by atoms with E-state index >= 15 is 0 Å². The van der Waals surface area contributed by atoms with Crippen molar-refractivity contribution in [3.8, 4) is 0 Å². The highest BCUT2D eigenvalue weighted by atomic mass is 79.9. The summed E-state index contributed by atoms with van der Waals surface area (Å²) in [6, 6.07) is 1.38. The highest BCUT2D eigenvalue weighted by Crippen LogP contribution is 2.26. The van der Waals surface area contributed by atoms with E-state index in [0.717, 1.165) is 3.79 Å². The molecule has 120 valence electrons. The van der Waals surface area contributed by atoms with Crippen molar-refractivity contribution in [1.29, 1.82) is 0 Å². The van der Waals surface area contributed by atoms with E-state index in [9.17, 15) is 9.59 Å². The zero-order valence-corrected chi connectivity index (χ0v) is 15.2. The van der Waals surface area contributed by atoms with Crippen molar-refractivity contribution in [3.05, 3.63) is 26.0 Å². The number of carbonyl (C=O) groups is 1. The van der Waals surface area contributed by atoms with Gasteiger partial charge in [-0.15, -0.1) is 11.3 Å². The molecule has 2 aromatic rings. The van der Waals surface area contributed by atoms with Crippen LogP contribution in [0.4, 0.5) is 4.79 Å². The number of H-pyrrole nitrogens is 1. The van der Waals surface area contributed by atoms with Crippen molar-refractivity contribution < 1.29 is 9.53 Å². The molecule has 0 unspecified atom stereocenters. The van der Waals surface area contributed by atoms with Gasteiger partial charge in [0, 0.05) is 0 Å². The van der Waals surface area contributed by atoms with E-state index in [4.69, 9.17) is 4.74 Å². The minimum absolute atomic E-state index is 0.208. The minimum Gasteiger partial charge on any atom is -0.444 e. The van der Waals surface area contributed by atoms with Crippen LogP contribution in [0, 0.1) is 0 Å². The third-order valence-electron chi connectivity index (χ3n) is 2.80. The Labute approximate surface area is 140 Å². The van der Waals surface area contributed by atoms with Crippen LogP contribution in [-0.2, 0) is 4.74 Å². The summed E-state index contributed by atoms with van der Waals surface area (Å²) >= 11 is 4.67. The number of halogens is 1. The molecule has 2 N–H and O–H groups in total. The lowest BCUT2D eigenvalue weighted by molar-refractivity contribution is 0.0500. The molecule has 22 heavy (non-hydrogen) atoms. The summed E-state index contributed by atoms with van der Waals surface area (Å²) in [6.45, 7) is 7.28. The molecule has 0 saturated heterocycles. The maximum absolute atomic E-state index is 12.1. The molecule has 0 spiro atoms. The number of alkyl carbamates (subject to hydrolysis) is 1. The number of thiophene rings is 1. The normalized spacial score (nSPS) is 13.1. The van der Waals surface area contributed by atoms with Gasteiger partial charge in [-0.2, -0.15) is 0 Å². The number of ether oxygens (including phenoxy) is 1. The van der Waals surface area contributed by atoms with Crippen LogP contribution in [0.15, 0.2) is 14.6 Å². The van der Waals surface area contributed by atoms with Crippen molar-refractivity contribution in [3.63, 3.8) is 0 Å². The first kappa shape index (κ1) is 17.0. The molecule has 0 aromatic carbocycles. The second kappa shape index (κ2) is 6.37. The second-order valence-corrected chi connectivity index (χ2v) is 8.25. The maximum atomic E-state index is 12.1. The van der Waals surface area contributed by atoms with Gasteiger partial charge in [-0.3, -0.25) is 4.79 Å². The molecule has 2 heterocycles. The van der Waals surface area contributed by atoms with Gasteiger partial charge in [0.25, 0.3) is 5.56 Å². The number of amides is 1. The van der Waals surface area contributed by atoms with Crippen molar-refractivity contribution in [1.82, 2.24) is 15.3 Å². The topological polar surface area (TPSA) is 84.1 Å². The molecule has 0 radical (unpaired) electrons. The van der Waals surface area contributed by atoms with Gasteiger partial charge in [-0.1, -0.05) is 6.92 Å². The first-order chi connectivity index (χ1) is 10.2. The predicted molar refractivity (Wildman–Crippen MR) is 90.3 cm³/mol. The monoisotopic (exact) mass is 387 g/mol. The minimum atomic E-state index is -0.578. The molecule has 0 bridgehead atoms. The van der Waals surface area contributed by atoms with E-state index in [1.165, 1.54) is 11.3 Å². The Balaban J connectivity index is 2.27. The lowest BCUT2D eigenvalue weighted by Gasteiger charge is -2.22. The summed E-state index contributed by atoms with van der Waals surface area (Å²) in [6.07, 6.45) is 0.0486. The highest BCUT2D eigenvalue weighted by molar-refractivity contribution is 9.11. The molecule has 0 aliphatic rings. The number of nitrogens with one attached hydrogen (secondary N) is 2. The fraction of sp³-hybridized carbons (Fsp3) is 0.500. The van der Waals surface area contributed by atoms with Gasteiger partial charge >= 0.3 is 6.09 Å². The van der Waals surface area contributed by atoms with Crippen LogP contribution < -0.4 is 10.9 Å². The van der Waals surface area contributed by atoms with Crippen molar-refractivity contribution >= 4 is 43.6 Å². The van der Waals surface area contributed by atoms with Gasteiger partial charge in [-0.05, 0) is 49.2 Å². The number of fused-ring (bicyclic) bond motifs is 1. The maximum Gasteiger partial charge on any atom is 0.408 e. The predicted octanol–water partition coefficient (Wildman–Crippen LogP) is 3.72. The number of aromatic nitrogens is 2. The van der Waals surface area contributed by atoms with Gasteiger partial charge < -0.3 is 15.0 Å². The largest absolute Gasteiger partial charge is 0.444 e. The third-order valence-corrected chi connectivity index (χ3v) is 4.43. The quantitative estimate of drug-likeness (QED) is 0.840. The average molecular weight is 388 g/mol. The van der Waals surface area contributed by atoms with Gasteiger partial charge in [0.15, 0.2) is 0 Å². The zero-order valence-electron chi connectivity index (χ0n) is 12.8. The van der Waals surface area contributed by atoms with Crippen LogP contribution >= 0.6 is 27.3 Å². The molecule has 2 aromatic heterocycles. The number of hydrogen-bond donors (Lipinski definition) is 2. The molecule has 0 aliphatic carbocycles. The Morgan fingerprint density at radius 1 is 1.55 bits per heavy atom. The van der Waals surface area contributed by atoms with Gasteiger partial charge in [-0.25, -0.2) is 9.78 Å². The molecule has 0 aliphatic heterocycles. The van der Waals surface area contributed by atoms with E-state index in [-0.39, 0.29) is 5.56 Å². The molecule has 0 fully saturated rings. The Morgan fingerprint density at radius 3 is 2.82 bits per heavy atom. The number of nitrogens with zero attached hydrogens (tertiary/aromatic N) is 1. The van der Waals surface area contributed by atoms with Crippen LogP contribution in [0.5, 0.6) is 0 Å². The van der Waals surface area contributed by atoms with Crippen LogP contribution in [-0.4, -0.2) is 21.7 Å². The van der Waals surface area contributed by atoms with E-state index in [0.29, 0.717) is 22.5 Å². The highest BCUT2D eigenvalue weighted by Gasteiger charge is 2.21. The number of hydrogen-bond acceptors (Lipinski definition) is 5. The van der Waals surface area contributed by atoms with Gasteiger partial charge in [0.2, 0.25) is 0 Å². The molecule has 2 rings (SSSR count). The van der Waals surface area contributed by atoms with Crippen molar-refractivity contribution in [2.75, 3.05) is 0 Å². The Bertz CT molecular complexity index is 748. The van der Waals surface area contributed by atoms with E-state index < -0.39 is 17.7 Å². The van der Waals surface area contributed by atoms with E-state index in [1.807, 2.05) is 6.92 Å². The zero-order chi connectivity index (χ0) is 16.5. The first-order valence-electron chi connectivity index (χ1n) is 6.88. The fourth-order valence-corrected chi connectivity index (χ4v) is 3.33. The Kier molecular flexibility index (Phi) is 4.91. The molecule has 6 nitrogen and oxygen atoms in total. The molecule has 0 saturated carbocycles. The van der Waals surface area contributed by atoms with Crippen molar-refractivity contribution in [2.45, 2.75) is 45.8 Å². The molecule has 1 amide bonds. The van der Waals surface area contributed by atoms with Crippen LogP contribution in [0.2, 0.25) is 0 Å². The van der Waals surface area contributed by atoms with Gasteiger partial charge in [0.1, 0.15) is 16.1 Å². The van der Waals surface area contributed by atoms with Crippen LogP contribution in [0.25, 0.3) is 10.2 Å². The smallest absolute Gasteiger partial charge is 0.408 e. The van der Waals surface area contributed by atoms with Gasteiger partial charge in [0.05, 0.1) is 15.3 Å². The number of aromatic amines is 1. The van der Waals surface area contributed by atoms with E-state index in [2.05, 4.69) is 31.2 Å². The lowest BCUT2D eigenvalue weighted by Crippen LogP contribution is -2.36. The Hall–Kier alpha value is -1.41. The SMILES string of the molecule is CC[C@H](NC(=O)OC(C)(C)C)c1nc2cc(Br)sc2c(=O)[nH]1. The molecule has 1 atom stereocenters. The summed E-state index contributed by atoms with van der Waals surface area (Å²) in [7, 11) is 0. The van der Waals surface area contributed by atoms with Crippen molar-refractivity contribution in [2.24, 2.45) is 0 Å². The van der Waals surface area contributed by atoms with Crippen LogP contribution in [0.1, 0.15) is 46.0 Å². The number of carbonyl (C=O) groups excluding carboxylic acids is 1. The summed E-state index contributed by atoms with van der Waals surface area (Å²) < 4.78 is 6.63. The molecular formula is C14H18BrN3O3S. The first-order valence-corrected chi connectivity index (χ1v) is 8.49.